The lowest BCUT2D eigenvalue weighted by molar-refractivity contribution is -0.142. The molecule has 1 aromatic rings. The van der Waals surface area contributed by atoms with E-state index in [0.717, 1.165) is 51.1 Å². The van der Waals surface area contributed by atoms with Crippen molar-refractivity contribution in [2.24, 2.45) is 0 Å². The standard InChI is InChI=1S/C17H23FN2O2/c18-15-5-2-1-4-14(15)7-8-19-9-11-20(12-10-19)17(21)16-6-3-13-22-16/h1-2,4-5,16H,3,6-13H2. The molecule has 2 saturated heterocycles. The Hall–Kier alpha value is -1.46. The zero-order valence-corrected chi connectivity index (χ0v) is 12.8. The van der Waals surface area contributed by atoms with Crippen LogP contribution in [0.3, 0.4) is 0 Å². The number of amides is 1. The SMILES string of the molecule is O=C(C1CCCO1)N1CCN(CCc2ccccc2F)CC1. The van der Waals surface area contributed by atoms with Crippen molar-refractivity contribution in [1.29, 1.82) is 0 Å². The van der Waals surface area contributed by atoms with Crippen LogP contribution in [0.1, 0.15) is 18.4 Å². The van der Waals surface area contributed by atoms with Gasteiger partial charge in [0, 0.05) is 39.3 Å². The van der Waals surface area contributed by atoms with E-state index in [9.17, 15) is 9.18 Å². The van der Waals surface area contributed by atoms with Crippen LogP contribution in [0.2, 0.25) is 0 Å². The van der Waals surface area contributed by atoms with Crippen LogP contribution in [0.15, 0.2) is 24.3 Å². The summed E-state index contributed by atoms with van der Waals surface area (Å²) in [5, 5.41) is 0. The Kier molecular flexibility index (Phi) is 5.05. The summed E-state index contributed by atoms with van der Waals surface area (Å²) in [5.41, 5.74) is 0.764. The van der Waals surface area contributed by atoms with Gasteiger partial charge in [0.2, 0.25) is 0 Å². The lowest BCUT2D eigenvalue weighted by atomic mass is 10.1. The van der Waals surface area contributed by atoms with Crippen LogP contribution < -0.4 is 0 Å². The summed E-state index contributed by atoms with van der Waals surface area (Å²) in [5.74, 6) is 0.0148. The fourth-order valence-corrected chi connectivity index (χ4v) is 3.15. The Bertz CT molecular complexity index is 509. The Morgan fingerprint density at radius 2 is 2.00 bits per heavy atom. The summed E-state index contributed by atoms with van der Waals surface area (Å²) in [6.07, 6.45) is 2.34. The van der Waals surface area contributed by atoms with Crippen molar-refractivity contribution in [2.45, 2.75) is 25.4 Å². The molecule has 3 rings (SSSR count). The summed E-state index contributed by atoms with van der Waals surface area (Å²) >= 11 is 0. The predicted molar refractivity (Wildman–Crippen MR) is 82.1 cm³/mol. The Morgan fingerprint density at radius 1 is 1.23 bits per heavy atom. The Labute approximate surface area is 130 Å². The number of piperazine rings is 1. The summed E-state index contributed by atoms with van der Waals surface area (Å²) in [6.45, 7) is 4.74. The van der Waals surface area contributed by atoms with Gasteiger partial charge in [0.05, 0.1) is 0 Å². The smallest absolute Gasteiger partial charge is 0.251 e. The van der Waals surface area contributed by atoms with Gasteiger partial charge in [0.1, 0.15) is 11.9 Å². The Morgan fingerprint density at radius 3 is 2.68 bits per heavy atom. The number of nitrogens with zero attached hydrogens (tertiary/aromatic N) is 2. The number of ether oxygens (including phenoxy) is 1. The van der Waals surface area contributed by atoms with Gasteiger partial charge in [-0.2, -0.15) is 0 Å². The second-order valence-electron chi connectivity index (χ2n) is 6.01. The molecule has 5 heteroatoms. The molecular weight excluding hydrogens is 283 g/mol. The Balaban J connectivity index is 1.44. The van der Waals surface area contributed by atoms with E-state index in [4.69, 9.17) is 4.74 Å². The lowest BCUT2D eigenvalue weighted by Crippen LogP contribution is -2.51. The molecule has 120 valence electrons. The molecule has 0 aliphatic carbocycles. The molecule has 2 heterocycles. The summed E-state index contributed by atoms with van der Waals surface area (Å²) < 4.78 is 19.1. The quantitative estimate of drug-likeness (QED) is 0.849. The van der Waals surface area contributed by atoms with Gasteiger partial charge in [0.15, 0.2) is 0 Å². The van der Waals surface area contributed by atoms with Gasteiger partial charge < -0.3 is 9.64 Å². The third-order valence-corrected chi connectivity index (χ3v) is 4.54. The largest absolute Gasteiger partial charge is 0.368 e. The maximum Gasteiger partial charge on any atom is 0.251 e. The van der Waals surface area contributed by atoms with Crippen molar-refractivity contribution >= 4 is 5.91 Å². The number of benzene rings is 1. The molecule has 22 heavy (non-hydrogen) atoms. The van der Waals surface area contributed by atoms with Gasteiger partial charge in [0.25, 0.3) is 5.91 Å². The van der Waals surface area contributed by atoms with Crippen LogP contribution in [0.25, 0.3) is 0 Å². The van der Waals surface area contributed by atoms with Crippen molar-refractivity contribution in [3.63, 3.8) is 0 Å². The first-order chi connectivity index (χ1) is 10.7. The monoisotopic (exact) mass is 306 g/mol. The van der Waals surface area contributed by atoms with Gasteiger partial charge in [-0.15, -0.1) is 0 Å². The number of hydrogen-bond donors (Lipinski definition) is 0. The minimum Gasteiger partial charge on any atom is -0.368 e. The van der Waals surface area contributed by atoms with Crippen molar-refractivity contribution in [3.8, 4) is 0 Å². The maximum atomic E-state index is 13.6. The molecule has 2 fully saturated rings. The molecular formula is C17H23FN2O2. The van der Waals surface area contributed by atoms with E-state index in [1.54, 1.807) is 6.07 Å². The molecule has 0 N–H and O–H groups in total. The first kappa shape index (κ1) is 15.4. The van der Waals surface area contributed by atoms with Crippen LogP contribution in [0, 0.1) is 5.82 Å². The minimum atomic E-state index is -0.218. The van der Waals surface area contributed by atoms with Crippen molar-refractivity contribution in [3.05, 3.63) is 35.6 Å². The highest BCUT2D eigenvalue weighted by Crippen LogP contribution is 2.16. The minimum absolute atomic E-state index is 0.130. The number of halogens is 1. The molecule has 2 aliphatic heterocycles. The lowest BCUT2D eigenvalue weighted by Gasteiger charge is -2.35. The third-order valence-electron chi connectivity index (χ3n) is 4.54. The maximum absolute atomic E-state index is 13.6. The van der Waals surface area contributed by atoms with Crippen molar-refractivity contribution < 1.29 is 13.9 Å². The molecule has 0 bridgehead atoms. The van der Waals surface area contributed by atoms with Crippen LogP contribution >= 0.6 is 0 Å². The van der Waals surface area contributed by atoms with Gasteiger partial charge >= 0.3 is 0 Å². The number of carbonyl (C=O) groups excluding carboxylic acids is 1. The number of rotatable bonds is 4. The van der Waals surface area contributed by atoms with Crippen molar-refractivity contribution in [1.82, 2.24) is 9.80 Å². The molecule has 4 nitrogen and oxygen atoms in total. The molecule has 0 aromatic heterocycles. The molecule has 1 atom stereocenters. The van der Waals surface area contributed by atoms with Gasteiger partial charge in [-0.1, -0.05) is 18.2 Å². The van der Waals surface area contributed by atoms with Gasteiger partial charge in [-0.25, -0.2) is 4.39 Å². The second-order valence-corrected chi connectivity index (χ2v) is 6.01. The summed E-state index contributed by atoms with van der Waals surface area (Å²) in [4.78, 5) is 16.5. The fourth-order valence-electron chi connectivity index (χ4n) is 3.15. The molecule has 1 aromatic carbocycles. The zero-order valence-electron chi connectivity index (χ0n) is 12.8. The molecule has 0 saturated carbocycles. The van der Waals surface area contributed by atoms with Gasteiger partial charge in [-0.3, -0.25) is 9.69 Å². The third kappa shape index (κ3) is 3.65. The normalized spacial score (nSPS) is 23.0. The van der Waals surface area contributed by atoms with E-state index in [0.29, 0.717) is 13.0 Å². The first-order valence-corrected chi connectivity index (χ1v) is 8.10. The molecule has 1 unspecified atom stereocenters. The second kappa shape index (κ2) is 7.20. The highest BCUT2D eigenvalue weighted by molar-refractivity contribution is 5.81. The average molecular weight is 306 g/mol. The molecule has 2 aliphatic rings. The average Bonchev–Trinajstić information content (AvgIpc) is 3.08. The van der Waals surface area contributed by atoms with E-state index >= 15 is 0 Å². The predicted octanol–water partition coefficient (Wildman–Crippen LogP) is 1.69. The number of hydrogen-bond acceptors (Lipinski definition) is 3. The van der Waals surface area contributed by atoms with Crippen LogP contribution in [0.4, 0.5) is 4.39 Å². The van der Waals surface area contributed by atoms with E-state index in [-0.39, 0.29) is 17.8 Å². The topological polar surface area (TPSA) is 32.8 Å². The highest BCUT2D eigenvalue weighted by atomic mass is 19.1. The van der Waals surface area contributed by atoms with Crippen LogP contribution in [-0.2, 0) is 16.0 Å². The van der Waals surface area contributed by atoms with E-state index in [2.05, 4.69) is 4.90 Å². The van der Waals surface area contributed by atoms with Gasteiger partial charge in [-0.05, 0) is 30.9 Å². The highest BCUT2D eigenvalue weighted by Gasteiger charge is 2.30. The van der Waals surface area contributed by atoms with E-state index < -0.39 is 0 Å². The van der Waals surface area contributed by atoms with Crippen molar-refractivity contribution in [2.75, 3.05) is 39.3 Å². The first-order valence-electron chi connectivity index (χ1n) is 8.10. The molecule has 0 spiro atoms. The fraction of sp³-hybridized carbons (Fsp3) is 0.588. The number of carbonyl (C=O) groups is 1. The zero-order chi connectivity index (χ0) is 15.4. The van der Waals surface area contributed by atoms with E-state index in [1.807, 2.05) is 17.0 Å². The summed E-state index contributed by atoms with van der Waals surface area (Å²) in [7, 11) is 0. The molecule has 1 amide bonds. The van der Waals surface area contributed by atoms with Crippen LogP contribution in [0.5, 0.6) is 0 Å². The van der Waals surface area contributed by atoms with E-state index in [1.165, 1.54) is 6.07 Å². The summed E-state index contributed by atoms with van der Waals surface area (Å²) in [6, 6.07) is 6.94. The molecule has 0 radical (unpaired) electrons. The van der Waals surface area contributed by atoms with Crippen LogP contribution in [-0.4, -0.2) is 61.1 Å².